The summed E-state index contributed by atoms with van der Waals surface area (Å²) in [5.41, 5.74) is 0.357. The third-order valence-corrected chi connectivity index (χ3v) is 6.33. The second-order valence-corrected chi connectivity index (χ2v) is 8.74. The average molecular weight is 482 g/mol. The van der Waals surface area contributed by atoms with Crippen molar-refractivity contribution in [1.29, 1.82) is 0 Å². The van der Waals surface area contributed by atoms with Crippen molar-refractivity contribution < 1.29 is 38.1 Å². The van der Waals surface area contributed by atoms with E-state index in [1.807, 2.05) is 7.05 Å². The summed E-state index contributed by atoms with van der Waals surface area (Å²) in [6.45, 7) is 2.53. The van der Waals surface area contributed by atoms with Gasteiger partial charge < -0.3 is 18.9 Å². The minimum atomic E-state index is -0.573. The molecule has 0 spiro atoms. The molecule has 4 rings (SSSR count). The number of carbonyl (C=O) groups excluding carboxylic acids is 4. The molecule has 2 aliphatic heterocycles. The molecule has 2 heterocycles. The fourth-order valence-electron chi connectivity index (χ4n) is 4.77. The number of ether oxygens (including phenoxy) is 4. The SMILES string of the molecule is CC(=O)Oc1ccccc1C(=O)OC1CC2CC(OC(=O)c3ccccc3OC(C)=O)C(C1)N2C. The lowest BCUT2D eigenvalue weighted by Gasteiger charge is -2.36. The van der Waals surface area contributed by atoms with E-state index in [4.69, 9.17) is 18.9 Å². The average Bonchev–Trinajstić information content (AvgIpc) is 2.96. The molecule has 2 saturated heterocycles. The smallest absolute Gasteiger partial charge is 0.342 e. The Hall–Kier alpha value is -3.72. The van der Waals surface area contributed by atoms with Gasteiger partial charge in [-0.15, -0.1) is 0 Å². The quantitative estimate of drug-likeness (QED) is 0.454. The van der Waals surface area contributed by atoms with Gasteiger partial charge in [-0.05, 0) is 31.3 Å². The third kappa shape index (κ3) is 5.51. The highest BCUT2D eigenvalue weighted by atomic mass is 16.6. The van der Waals surface area contributed by atoms with E-state index in [0.717, 1.165) is 0 Å². The summed E-state index contributed by atoms with van der Waals surface area (Å²) in [6, 6.07) is 12.8. The van der Waals surface area contributed by atoms with Crippen molar-refractivity contribution in [2.24, 2.45) is 0 Å². The Morgan fingerprint density at radius 1 is 0.743 bits per heavy atom. The number of esters is 4. The summed E-state index contributed by atoms with van der Waals surface area (Å²) < 4.78 is 21.9. The molecule has 4 atom stereocenters. The van der Waals surface area contributed by atoms with Crippen molar-refractivity contribution in [3.8, 4) is 11.5 Å². The second kappa shape index (κ2) is 10.3. The van der Waals surface area contributed by atoms with Crippen LogP contribution in [-0.4, -0.2) is 60.1 Å². The number of hydrogen-bond donors (Lipinski definition) is 0. The summed E-state index contributed by atoms with van der Waals surface area (Å²) in [7, 11) is 1.96. The lowest BCUT2D eigenvalue weighted by atomic mass is 10.00. The van der Waals surface area contributed by atoms with Crippen LogP contribution in [0.15, 0.2) is 48.5 Å². The van der Waals surface area contributed by atoms with Crippen molar-refractivity contribution in [1.82, 2.24) is 4.90 Å². The highest BCUT2D eigenvalue weighted by Crippen LogP contribution is 2.38. The van der Waals surface area contributed by atoms with Gasteiger partial charge in [0, 0.05) is 39.2 Å². The van der Waals surface area contributed by atoms with E-state index in [1.54, 1.807) is 48.5 Å². The minimum absolute atomic E-state index is 0.0665. The van der Waals surface area contributed by atoms with Gasteiger partial charge in [-0.25, -0.2) is 9.59 Å². The first-order valence-electron chi connectivity index (χ1n) is 11.4. The maximum absolute atomic E-state index is 12.9. The van der Waals surface area contributed by atoms with E-state index < -0.39 is 30.0 Å². The maximum Gasteiger partial charge on any atom is 0.342 e. The Bertz CT molecular complexity index is 1140. The zero-order valence-electron chi connectivity index (χ0n) is 19.8. The predicted octanol–water partition coefficient (Wildman–Crippen LogP) is 3.15. The van der Waals surface area contributed by atoms with Crippen molar-refractivity contribution in [2.45, 2.75) is 57.4 Å². The number of rotatable bonds is 6. The molecule has 0 aliphatic carbocycles. The van der Waals surface area contributed by atoms with Gasteiger partial charge >= 0.3 is 23.9 Å². The molecule has 2 aromatic carbocycles. The molecule has 184 valence electrons. The van der Waals surface area contributed by atoms with Crippen LogP contribution in [0.1, 0.15) is 53.8 Å². The number of carbonyl (C=O) groups is 4. The van der Waals surface area contributed by atoms with Crippen molar-refractivity contribution in [3.63, 3.8) is 0 Å². The van der Waals surface area contributed by atoms with E-state index in [1.165, 1.54) is 13.8 Å². The predicted molar refractivity (Wildman–Crippen MR) is 123 cm³/mol. The molecule has 0 aromatic heterocycles. The fraction of sp³-hybridized carbons (Fsp3) is 0.385. The van der Waals surface area contributed by atoms with Gasteiger partial charge in [-0.3, -0.25) is 14.5 Å². The highest BCUT2D eigenvalue weighted by Gasteiger charge is 2.48. The summed E-state index contributed by atoms with van der Waals surface area (Å²) in [6.07, 6.45) is 0.890. The van der Waals surface area contributed by atoms with Crippen LogP contribution in [0.4, 0.5) is 0 Å². The molecule has 4 unspecified atom stereocenters. The van der Waals surface area contributed by atoms with Crippen molar-refractivity contribution in [2.75, 3.05) is 7.05 Å². The van der Waals surface area contributed by atoms with Crippen LogP contribution in [0.25, 0.3) is 0 Å². The fourth-order valence-corrected chi connectivity index (χ4v) is 4.77. The van der Waals surface area contributed by atoms with Crippen LogP contribution in [0.5, 0.6) is 11.5 Å². The summed E-state index contributed by atoms with van der Waals surface area (Å²) in [5.74, 6) is -1.89. The Morgan fingerprint density at radius 2 is 1.26 bits per heavy atom. The molecule has 9 heteroatoms. The maximum atomic E-state index is 12.9. The van der Waals surface area contributed by atoms with Crippen molar-refractivity contribution >= 4 is 23.9 Å². The van der Waals surface area contributed by atoms with Gasteiger partial charge in [-0.2, -0.15) is 0 Å². The second-order valence-electron chi connectivity index (χ2n) is 8.74. The molecule has 2 aliphatic rings. The van der Waals surface area contributed by atoms with Gasteiger partial charge in [0.1, 0.15) is 34.8 Å². The first-order chi connectivity index (χ1) is 16.7. The first-order valence-corrected chi connectivity index (χ1v) is 11.4. The summed E-state index contributed by atoms with van der Waals surface area (Å²) in [5, 5.41) is 0. The number of fused-ring (bicyclic) bond motifs is 2. The van der Waals surface area contributed by atoms with E-state index in [2.05, 4.69) is 4.90 Å². The summed E-state index contributed by atoms with van der Waals surface area (Å²) in [4.78, 5) is 50.6. The number of likely N-dealkylation sites (N-methyl/N-ethyl adjacent to an activating group) is 1. The van der Waals surface area contributed by atoms with E-state index in [9.17, 15) is 19.2 Å². The molecular weight excluding hydrogens is 454 g/mol. The number of piperidine rings is 1. The van der Waals surface area contributed by atoms with Gasteiger partial charge in [0.25, 0.3) is 0 Å². The molecular formula is C26H27NO8. The molecule has 2 aromatic rings. The number of nitrogens with zero attached hydrogens (tertiary/aromatic N) is 1. The van der Waals surface area contributed by atoms with Gasteiger partial charge in [-0.1, -0.05) is 24.3 Å². The monoisotopic (exact) mass is 481 g/mol. The Balaban J connectivity index is 1.43. The van der Waals surface area contributed by atoms with Crippen LogP contribution in [0, 0.1) is 0 Å². The number of para-hydroxylation sites is 2. The molecule has 0 amide bonds. The van der Waals surface area contributed by atoms with Gasteiger partial charge in [0.05, 0.1) is 6.04 Å². The standard InChI is InChI=1S/C26H27NO8/c1-15(28)32-22-10-6-4-8-19(22)25(30)34-18-12-17-13-24(21(14-18)27(17)3)35-26(31)20-9-5-7-11-23(20)33-16(2)29/h4-11,17-18,21,24H,12-14H2,1-3H3. The van der Waals surface area contributed by atoms with Crippen LogP contribution in [0.2, 0.25) is 0 Å². The zero-order chi connectivity index (χ0) is 25.1. The van der Waals surface area contributed by atoms with Gasteiger partial charge in [0.15, 0.2) is 0 Å². The Kier molecular flexibility index (Phi) is 7.16. The molecule has 35 heavy (non-hydrogen) atoms. The lowest BCUT2D eigenvalue weighted by Crippen LogP contribution is -2.46. The first kappa shape index (κ1) is 24.4. The van der Waals surface area contributed by atoms with Crippen LogP contribution >= 0.6 is 0 Å². The molecule has 0 saturated carbocycles. The highest BCUT2D eigenvalue weighted by molar-refractivity contribution is 5.94. The lowest BCUT2D eigenvalue weighted by molar-refractivity contribution is -0.132. The van der Waals surface area contributed by atoms with E-state index in [-0.39, 0.29) is 40.8 Å². The van der Waals surface area contributed by atoms with E-state index in [0.29, 0.717) is 19.3 Å². The molecule has 2 bridgehead atoms. The topological polar surface area (TPSA) is 108 Å². The Morgan fingerprint density at radius 3 is 1.80 bits per heavy atom. The zero-order valence-corrected chi connectivity index (χ0v) is 19.8. The van der Waals surface area contributed by atoms with Crippen molar-refractivity contribution in [3.05, 3.63) is 59.7 Å². The number of hydrogen-bond acceptors (Lipinski definition) is 9. The molecule has 9 nitrogen and oxygen atoms in total. The molecule has 0 radical (unpaired) electrons. The van der Waals surface area contributed by atoms with Gasteiger partial charge in [0.2, 0.25) is 0 Å². The van der Waals surface area contributed by atoms with Crippen LogP contribution < -0.4 is 9.47 Å². The Labute approximate surface area is 202 Å². The minimum Gasteiger partial charge on any atom is -0.459 e. The normalized spacial score (nSPS) is 23.3. The number of benzene rings is 2. The third-order valence-electron chi connectivity index (χ3n) is 6.33. The largest absolute Gasteiger partial charge is 0.459 e. The molecule has 0 N–H and O–H groups in total. The van der Waals surface area contributed by atoms with Crippen LogP contribution in [0.3, 0.4) is 0 Å². The van der Waals surface area contributed by atoms with Crippen LogP contribution in [-0.2, 0) is 19.1 Å². The molecule has 2 fully saturated rings. The summed E-state index contributed by atoms with van der Waals surface area (Å²) >= 11 is 0. The van der Waals surface area contributed by atoms with E-state index >= 15 is 0 Å².